The number of alkyl halides is 1. The summed E-state index contributed by atoms with van der Waals surface area (Å²) >= 11 is 5.55. The van der Waals surface area contributed by atoms with Crippen LogP contribution >= 0.6 is 19.4 Å². The average molecular weight is 251 g/mol. The van der Waals surface area contributed by atoms with E-state index < -0.39 is 13.4 Å². The third kappa shape index (κ3) is 4.22. The largest absolute Gasteiger partial charge is 0.531 e. The van der Waals surface area contributed by atoms with Crippen molar-refractivity contribution in [1.29, 1.82) is 0 Å². The number of hydrogen-bond acceptors (Lipinski definition) is 4. The molecule has 0 aromatic heterocycles. The molecule has 4 nitrogen and oxygen atoms in total. The minimum absolute atomic E-state index is 0.403. The van der Waals surface area contributed by atoms with Gasteiger partial charge in [0.05, 0.1) is 0 Å². The Kier molecular flexibility index (Phi) is 4.61. The van der Waals surface area contributed by atoms with Gasteiger partial charge in [0.15, 0.2) is 0 Å². The van der Waals surface area contributed by atoms with Crippen LogP contribution in [0.5, 0.6) is 5.75 Å². The number of phosphoric ester groups is 1. The predicted molar refractivity (Wildman–Crippen MR) is 58.1 cm³/mol. The van der Waals surface area contributed by atoms with Crippen molar-refractivity contribution < 1.29 is 18.1 Å². The van der Waals surface area contributed by atoms with Crippen LogP contribution in [0.2, 0.25) is 0 Å². The molecule has 0 aliphatic heterocycles. The highest BCUT2D eigenvalue weighted by Crippen LogP contribution is 2.50. The lowest BCUT2D eigenvalue weighted by Gasteiger charge is -2.17. The smallest absolute Gasteiger partial charge is 0.404 e. The van der Waals surface area contributed by atoms with Gasteiger partial charge in [0.2, 0.25) is 0 Å². The van der Waals surface area contributed by atoms with Gasteiger partial charge >= 0.3 is 7.82 Å². The molecule has 2 unspecified atom stereocenters. The number of benzene rings is 1. The molecule has 1 rings (SSSR count). The number of para-hydroxylation sites is 1. The van der Waals surface area contributed by atoms with Crippen molar-refractivity contribution in [3.8, 4) is 5.75 Å². The van der Waals surface area contributed by atoms with Crippen LogP contribution in [0.1, 0.15) is 6.92 Å². The standard InChI is InChI=1S/C9H12ClO4P/c1-8(10)13-15(11,12-2)14-9-6-4-3-5-7-9/h3-8H,1-2H3. The van der Waals surface area contributed by atoms with E-state index in [-0.39, 0.29) is 0 Å². The monoisotopic (exact) mass is 250 g/mol. The molecular weight excluding hydrogens is 239 g/mol. The van der Waals surface area contributed by atoms with Crippen molar-refractivity contribution >= 4 is 19.4 Å². The molecule has 84 valence electrons. The van der Waals surface area contributed by atoms with Crippen molar-refractivity contribution in [3.05, 3.63) is 30.3 Å². The van der Waals surface area contributed by atoms with E-state index in [1.807, 2.05) is 6.07 Å². The maximum absolute atomic E-state index is 11.8. The maximum atomic E-state index is 11.8. The summed E-state index contributed by atoms with van der Waals surface area (Å²) in [5, 5.41) is 0. The fourth-order valence-corrected chi connectivity index (χ4v) is 2.12. The second-order valence-electron chi connectivity index (χ2n) is 2.68. The van der Waals surface area contributed by atoms with Crippen LogP contribution in [0, 0.1) is 0 Å². The van der Waals surface area contributed by atoms with Gasteiger partial charge in [0.25, 0.3) is 0 Å². The second kappa shape index (κ2) is 5.52. The first-order chi connectivity index (χ1) is 7.06. The number of hydrogen-bond donors (Lipinski definition) is 0. The lowest BCUT2D eigenvalue weighted by molar-refractivity contribution is 0.171. The summed E-state index contributed by atoms with van der Waals surface area (Å²) in [7, 11) is -2.37. The van der Waals surface area contributed by atoms with E-state index in [4.69, 9.17) is 20.6 Å². The van der Waals surface area contributed by atoms with Crippen LogP contribution in [-0.4, -0.2) is 12.7 Å². The molecule has 0 aliphatic rings. The Hall–Kier alpha value is -0.540. The first-order valence-electron chi connectivity index (χ1n) is 4.28. The van der Waals surface area contributed by atoms with Crippen LogP contribution in [0.3, 0.4) is 0 Å². The Bertz CT molecular complexity index is 341. The molecule has 1 aromatic rings. The van der Waals surface area contributed by atoms with Gasteiger partial charge in [0, 0.05) is 7.11 Å². The van der Waals surface area contributed by atoms with Crippen molar-refractivity contribution in [3.63, 3.8) is 0 Å². The van der Waals surface area contributed by atoms with Crippen molar-refractivity contribution in [1.82, 2.24) is 0 Å². The first kappa shape index (κ1) is 12.5. The van der Waals surface area contributed by atoms with Gasteiger partial charge in [-0.25, -0.2) is 4.57 Å². The molecule has 0 amide bonds. The third-order valence-electron chi connectivity index (χ3n) is 1.46. The lowest BCUT2D eigenvalue weighted by Crippen LogP contribution is -2.04. The van der Waals surface area contributed by atoms with E-state index in [0.29, 0.717) is 5.75 Å². The molecule has 0 heterocycles. The first-order valence-corrected chi connectivity index (χ1v) is 6.18. The number of halogens is 1. The fourth-order valence-electron chi connectivity index (χ4n) is 0.890. The Labute approximate surface area is 93.7 Å². The normalized spacial score (nSPS) is 16.7. The van der Waals surface area contributed by atoms with Crippen LogP contribution < -0.4 is 4.52 Å². The molecule has 1 aromatic carbocycles. The Morgan fingerprint density at radius 3 is 2.40 bits per heavy atom. The fraction of sp³-hybridized carbons (Fsp3) is 0.333. The van der Waals surface area contributed by atoms with E-state index in [9.17, 15) is 4.57 Å². The summed E-state index contributed by atoms with van der Waals surface area (Å²) < 4.78 is 26.4. The summed E-state index contributed by atoms with van der Waals surface area (Å²) in [4.78, 5) is 0. The van der Waals surface area contributed by atoms with E-state index >= 15 is 0 Å². The molecule has 6 heteroatoms. The Balaban J connectivity index is 2.73. The van der Waals surface area contributed by atoms with Gasteiger partial charge in [-0.3, -0.25) is 9.05 Å². The molecular formula is C9H12ClO4P. The van der Waals surface area contributed by atoms with Crippen molar-refractivity contribution in [2.45, 2.75) is 12.5 Å². The molecule has 2 atom stereocenters. The molecule has 0 saturated carbocycles. The summed E-state index contributed by atoms with van der Waals surface area (Å²) in [5.41, 5.74) is -0.750. The number of phosphoric acid groups is 1. The highest BCUT2D eigenvalue weighted by atomic mass is 35.5. The van der Waals surface area contributed by atoms with Gasteiger partial charge in [-0.2, -0.15) is 0 Å². The molecule has 0 N–H and O–H groups in total. The Morgan fingerprint density at radius 2 is 1.93 bits per heavy atom. The van der Waals surface area contributed by atoms with E-state index in [2.05, 4.69) is 4.52 Å². The lowest BCUT2D eigenvalue weighted by atomic mass is 10.3. The van der Waals surface area contributed by atoms with Gasteiger partial charge in [-0.05, 0) is 19.1 Å². The van der Waals surface area contributed by atoms with Crippen LogP contribution in [-0.2, 0) is 13.6 Å². The average Bonchev–Trinajstić information content (AvgIpc) is 2.18. The molecule has 0 saturated heterocycles. The summed E-state index contributed by atoms with van der Waals surface area (Å²) in [6.45, 7) is 1.53. The van der Waals surface area contributed by atoms with Crippen molar-refractivity contribution in [2.75, 3.05) is 7.11 Å². The minimum atomic E-state index is -3.61. The zero-order chi connectivity index (χ0) is 11.3. The summed E-state index contributed by atoms with van der Waals surface area (Å²) in [6.07, 6.45) is 0. The van der Waals surface area contributed by atoms with Crippen LogP contribution in [0.4, 0.5) is 0 Å². The molecule has 15 heavy (non-hydrogen) atoms. The van der Waals surface area contributed by atoms with E-state index in [1.165, 1.54) is 14.0 Å². The second-order valence-corrected chi connectivity index (χ2v) is 4.95. The minimum Gasteiger partial charge on any atom is -0.404 e. The molecule has 0 aliphatic carbocycles. The zero-order valence-corrected chi connectivity index (χ0v) is 10.1. The topological polar surface area (TPSA) is 44.8 Å². The van der Waals surface area contributed by atoms with Crippen LogP contribution in [0.25, 0.3) is 0 Å². The van der Waals surface area contributed by atoms with Gasteiger partial charge < -0.3 is 4.52 Å². The van der Waals surface area contributed by atoms with Gasteiger partial charge in [-0.1, -0.05) is 29.8 Å². The van der Waals surface area contributed by atoms with E-state index in [1.54, 1.807) is 24.3 Å². The quantitative estimate of drug-likeness (QED) is 0.593. The molecule has 0 bridgehead atoms. The van der Waals surface area contributed by atoms with E-state index in [0.717, 1.165) is 0 Å². The van der Waals surface area contributed by atoms with Gasteiger partial charge in [0.1, 0.15) is 11.3 Å². The molecule has 0 fully saturated rings. The maximum Gasteiger partial charge on any atom is 0.531 e. The third-order valence-corrected chi connectivity index (χ3v) is 3.13. The highest BCUT2D eigenvalue weighted by Gasteiger charge is 2.28. The van der Waals surface area contributed by atoms with Crippen molar-refractivity contribution in [2.24, 2.45) is 0 Å². The number of rotatable bonds is 5. The van der Waals surface area contributed by atoms with Gasteiger partial charge in [-0.15, -0.1) is 0 Å². The highest BCUT2D eigenvalue weighted by molar-refractivity contribution is 7.49. The van der Waals surface area contributed by atoms with Crippen LogP contribution in [0.15, 0.2) is 30.3 Å². The zero-order valence-electron chi connectivity index (χ0n) is 8.42. The molecule has 0 radical (unpaired) electrons. The summed E-state index contributed by atoms with van der Waals surface area (Å²) in [5.74, 6) is 0.403. The SMILES string of the molecule is COP(=O)(Oc1ccccc1)OC(C)Cl. The summed E-state index contributed by atoms with van der Waals surface area (Å²) in [6, 6.07) is 8.61. The molecule has 0 spiro atoms. The predicted octanol–water partition coefficient (Wildman–Crippen LogP) is 3.42. The Morgan fingerprint density at radius 1 is 1.33 bits per heavy atom.